The van der Waals surface area contributed by atoms with Crippen molar-refractivity contribution in [2.24, 2.45) is 0 Å². The van der Waals surface area contributed by atoms with Crippen LogP contribution in [0.5, 0.6) is 0 Å². The monoisotopic (exact) mass is 170 g/mol. The van der Waals surface area contributed by atoms with Crippen molar-refractivity contribution in [1.82, 2.24) is 0 Å². The number of carboxylic acids is 2. The normalized spacial score (nSPS) is 9.45. The lowest BCUT2D eigenvalue weighted by Crippen LogP contribution is -2.21. The van der Waals surface area contributed by atoms with Gasteiger partial charge in [0.05, 0.1) is 21.7 Å². The van der Waals surface area contributed by atoms with Crippen molar-refractivity contribution in [2.45, 2.75) is 0 Å². The summed E-state index contributed by atoms with van der Waals surface area (Å²) in [5, 5.41) is 20.2. The number of carbonyl (C=O) groups is 2. The molecule has 0 spiro atoms. The topological polar surface area (TPSA) is 80.3 Å². The smallest absolute Gasteiger partial charge is 0.0815 e. The molecule has 1 aromatic rings. The summed E-state index contributed by atoms with van der Waals surface area (Å²) >= 11 is 0.625. The SMILES string of the molecule is O=C([O-])c1ccc(C(=O)[O-])s1. The van der Waals surface area contributed by atoms with Gasteiger partial charge >= 0.3 is 0 Å². The highest BCUT2D eigenvalue weighted by Crippen LogP contribution is 2.14. The molecular weight excluding hydrogens is 168 g/mol. The predicted molar refractivity (Wildman–Crippen MR) is 33.0 cm³/mol. The Hall–Kier alpha value is -1.36. The molecule has 0 fully saturated rings. The van der Waals surface area contributed by atoms with Gasteiger partial charge in [0, 0.05) is 0 Å². The Kier molecular flexibility index (Phi) is 1.91. The van der Waals surface area contributed by atoms with Crippen molar-refractivity contribution >= 4 is 23.3 Å². The molecule has 0 amide bonds. The first kappa shape index (κ1) is 7.74. The largest absolute Gasteiger partial charge is 0.544 e. The molecule has 0 aliphatic rings. The van der Waals surface area contributed by atoms with E-state index >= 15 is 0 Å². The average Bonchev–Trinajstić information content (AvgIpc) is 2.33. The van der Waals surface area contributed by atoms with Crippen LogP contribution in [0.25, 0.3) is 0 Å². The average molecular weight is 170 g/mol. The minimum atomic E-state index is -1.37. The molecule has 0 saturated carbocycles. The fourth-order valence-electron chi connectivity index (χ4n) is 0.557. The number of carbonyl (C=O) groups excluding carboxylic acids is 2. The van der Waals surface area contributed by atoms with Crippen molar-refractivity contribution in [1.29, 1.82) is 0 Å². The maximum Gasteiger partial charge on any atom is 0.0815 e. The van der Waals surface area contributed by atoms with E-state index in [1.807, 2.05) is 0 Å². The van der Waals surface area contributed by atoms with Crippen LogP contribution >= 0.6 is 11.3 Å². The van der Waals surface area contributed by atoms with Crippen molar-refractivity contribution in [2.75, 3.05) is 0 Å². The molecule has 1 rings (SSSR count). The minimum absolute atomic E-state index is 0.107. The summed E-state index contributed by atoms with van der Waals surface area (Å²) in [6.45, 7) is 0. The van der Waals surface area contributed by atoms with E-state index in [4.69, 9.17) is 0 Å². The first-order chi connectivity index (χ1) is 5.11. The summed E-state index contributed by atoms with van der Waals surface area (Å²) in [4.78, 5) is 20.0. The van der Waals surface area contributed by atoms with E-state index in [9.17, 15) is 19.8 Å². The van der Waals surface area contributed by atoms with Crippen molar-refractivity contribution in [3.05, 3.63) is 21.9 Å². The quantitative estimate of drug-likeness (QED) is 0.539. The van der Waals surface area contributed by atoms with Gasteiger partial charge < -0.3 is 19.8 Å². The molecule has 0 bridgehead atoms. The van der Waals surface area contributed by atoms with Crippen LogP contribution < -0.4 is 10.2 Å². The lowest BCUT2D eigenvalue weighted by molar-refractivity contribution is -0.255. The summed E-state index contributed by atoms with van der Waals surface area (Å²) < 4.78 is 0. The molecule has 11 heavy (non-hydrogen) atoms. The number of carboxylic acid groups (broad SMARTS) is 2. The molecule has 0 atom stereocenters. The first-order valence-corrected chi connectivity index (χ1v) is 3.45. The Morgan fingerprint density at radius 3 is 1.64 bits per heavy atom. The Bertz CT molecular complexity index is 273. The van der Waals surface area contributed by atoms with E-state index in [-0.39, 0.29) is 9.75 Å². The Morgan fingerprint density at radius 1 is 1.09 bits per heavy atom. The molecule has 0 aliphatic carbocycles. The van der Waals surface area contributed by atoms with Gasteiger partial charge in [0.2, 0.25) is 0 Å². The van der Waals surface area contributed by atoms with Crippen LogP contribution in [0, 0.1) is 0 Å². The van der Waals surface area contributed by atoms with Gasteiger partial charge in [-0.15, -0.1) is 11.3 Å². The van der Waals surface area contributed by atoms with Gasteiger partial charge in [0.25, 0.3) is 0 Å². The predicted octanol–water partition coefficient (Wildman–Crippen LogP) is -1.52. The lowest BCUT2D eigenvalue weighted by Gasteiger charge is -1.95. The second-order valence-corrected chi connectivity index (χ2v) is 2.82. The zero-order valence-electron chi connectivity index (χ0n) is 5.20. The van der Waals surface area contributed by atoms with Gasteiger partial charge in [-0.2, -0.15) is 0 Å². The number of thiophene rings is 1. The molecule has 0 unspecified atom stereocenters. The summed E-state index contributed by atoms with van der Waals surface area (Å²) in [5.41, 5.74) is 0. The van der Waals surface area contributed by atoms with Crippen molar-refractivity contribution < 1.29 is 19.8 Å². The molecular formula is C6H2O4S-2. The minimum Gasteiger partial charge on any atom is -0.544 e. The third kappa shape index (κ3) is 1.56. The Labute approximate surface area is 65.7 Å². The molecule has 1 heterocycles. The van der Waals surface area contributed by atoms with Gasteiger partial charge in [0.15, 0.2) is 0 Å². The van der Waals surface area contributed by atoms with Gasteiger partial charge in [-0.25, -0.2) is 0 Å². The summed E-state index contributed by atoms with van der Waals surface area (Å²) in [6.07, 6.45) is 0. The standard InChI is InChI=1S/C6H4O4S/c7-5(8)3-1-2-4(11-3)6(9)10/h1-2H,(H,7,8)(H,9,10)/p-2. The third-order valence-corrected chi connectivity index (χ3v) is 2.05. The van der Waals surface area contributed by atoms with E-state index in [2.05, 4.69) is 0 Å². The summed E-state index contributed by atoms with van der Waals surface area (Å²) in [7, 11) is 0. The van der Waals surface area contributed by atoms with Gasteiger partial charge in [-0.1, -0.05) is 0 Å². The second-order valence-electron chi connectivity index (χ2n) is 1.74. The van der Waals surface area contributed by atoms with Crippen molar-refractivity contribution in [3.63, 3.8) is 0 Å². The Morgan fingerprint density at radius 2 is 1.45 bits per heavy atom. The molecule has 58 valence electrons. The molecule has 0 aliphatic heterocycles. The number of hydrogen-bond acceptors (Lipinski definition) is 5. The van der Waals surface area contributed by atoms with Gasteiger partial charge in [-0.05, 0) is 12.1 Å². The molecule has 0 saturated heterocycles. The van der Waals surface area contributed by atoms with Crippen LogP contribution in [0.4, 0.5) is 0 Å². The number of aromatic carboxylic acids is 2. The summed E-state index contributed by atoms with van der Waals surface area (Å²) in [5.74, 6) is -2.75. The molecule has 0 radical (unpaired) electrons. The van der Waals surface area contributed by atoms with E-state index in [0.717, 1.165) is 0 Å². The zero-order chi connectivity index (χ0) is 8.43. The molecule has 1 aromatic heterocycles. The number of hydrogen-bond donors (Lipinski definition) is 0. The maximum absolute atomic E-state index is 10.1. The molecule has 0 N–H and O–H groups in total. The maximum atomic E-state index is 10.1. The molecule has 4 nitrogen and oxygen atoms in total. The summed E-state index contributed by atoms with van der Waals surface area (Å²) in [6, 6.07) is 2.34. The van der Waals surface area contributed by atoms with Crippen molar-refractivity contribution in [3.8, 4) is 0 Å². The Balaban J connectivity index is 2.99. The molecule has 5 heteroatoms. The third-order valence-electron chi connectivity index (χ3n) is 1.01. The fourth-order valence-corrected chi connectivity index (χ4v) is 1.23. The highest BCUT2D eigenvalue weighted by Gasteiger charge is 1.99. The molecule has 0 aromatic carbocycles. The van der Waals surface area contributed by atoms with Crippen LogP contribution in [0.1, 0.15) is 19.3 Å². The van der Waals surface area contributed by atoms with Crippen LogP contribution in [0.3, 0.4) is 0 Å². The van der Waals surface area contributed by atoms with E-state index in [0.29, 0.717) is 11.3 Å². The van der Waals surface area contributed by atoms with E-state index in [1.165, 1.54) is 12.1 Å². The van der Waals surface area contributed by atoms with E-state index < -0.39 is 11.9 Å². The highest BCUT2D eigenvalue weighted by atomic mass is 32.1. The van der Waals surface area contributed by atoms with Crippen LogP contribution in [-0.4, -0.2) is 11.9 Å². The lowest BCUT2D eigenvalue weighted by atomic mass is 10.4. The second kappa shape index (κ2) is 2.71. The van der Waals surface area contributed by atoms with Crippen LogP contribution in [-0.2, 0) is 0 Å². The van der Waals surface area contributed by atoms with Crippen LogP contribution in [0.2, 0.25) is 0 Å². The van der Waals surface area contributed by atoms with E-state index in [1.54, 1.807) is 0 Å². The zero-order valence-corrected chi connectivity index (χ0v) is 6.01. The highest BCUT2D eigenvalue weighted by molar-refractivity contribution is 7.15. The van der Waals surface area contributed by atoms with Gasteiger partial charge in [0.1, 0.15) is 0 Å². The fraction of sp³-hybridized carbons (Fsp3) is 0. The first-order valence-electron chi connectivity index (χ1n) is 2.64. The van der Waals surface area contributed by atoms with Crippen LogP contribution in [0.15, 0.2) is 12.1 Å². The van der Waals surface area contributed by atoms with Gasteiger partial charge in [-0.3, -0.25) is 0 Å². The number of rotatable bonds is 2.